The second-order valence-electron chi connectivity index (χ2n) is 6.62. The van der Waals surface area contributed by atoms with E-state index in [4.69, 9.17) is 21.9 Å². The first-order chi connectivity index (χ1) is 9.89. The average molecular weight is 306 g/mol. The molecule has 1 aromatic carbocycles. The normalized spacial score (nSPS) is 17.5. The Balaban J connectivity index is 1.81. The first-order valence-electron chi connectivity index (χ1n) is 7.27. The molecule has 1 aliphatic carbocycles. The Morgan fingerprint density at radius 1 is 1.38 bits per heavy atom. The molecule has 1 fully saturated rings. The van der Waals surface area contributed by atoms with E-state index in [0.717, 1.165) is 36.3 Å². The van der Waals surface area contributed by atoms with E-state index < -0.39 is 0 Å². The van der Waals surface area contributed by atoms with Crippen molar-refractivity contribution in [2.45, 2.75) is 50.5 Å². The van der Waals surface area contributed by atoms with Crippen LogP contribution in [0.2, 0.25) is 5.02 Å². The SMILES string of the molecule is CC(C)(Cc1cccc(Cl)c1)c1nc(C2(N)CCC2)no1. The molecule has 21 heavy (non-hydrogen) atoms. The summed E-state index contributed by atoms with van der Waals surface area (Å²) in [5.41, 5.74) is 6.77. The molecule has 1 aromatic heterocycles. The van der Waals surface area contributed by atoms with Crippen molar-refractivity contribution in [2.75, 3.05) is 0 Å². The maximum Gasteiger partial charge on any atom is 0.232 e. The van der Waals surface area contributed by atoms with Gasteiger partial charge >= 0.3 is 0 Å². The third-order valence-corrected chi connectivity index (χ3v) is 4.47. The molecule has 0 bridgehead atoms. The molecule has 0 radical (unpaired) electrons. The van der Waals surface area contributed by atoms with Crippen LogP contribution in [0.5, 0.6) is 0 Å². The minimum Gasteiger partial charge on any atom is -0.339 e. The molecule has 1 heterocycles. The van der Waals surface area contributed by atoms with Gasteiger partial charge in [-0.15, -0.1) is 0 Å². The fraction of sp³-hybridized carbons (Fsp3) is 0.500. The van der Waals surface area contributed by atoms with Crippen molar-refractivity contribution in [3.05, 3.63) is 46.6 Å². The summed E-state index contributed by atoms with van der Waals surface area (Å²) in [7, 11) is 0. The summed E-state index contributed by atoms with van der Waals surface area (Å²) in [6, 6.07) is 7.85. The second-order valence-corrected chi connectivity index (χ2v) is 7.06. The number of halogens is 1. The lowest BCUT2D eigenvalue weighted by Crippen LogP contribution is -2.44. The van der Waals surface area contributed by atoms with Crippen LogP contribution in [0.15, 0.2) is 28.8 Å². The number of rotatable bonds is 4. The predicted octanol–water partition coefficient (Wildman–Crippen LogP) is 3.58. The van der Waals surface area contributed by atoms with Gasteiger partial charge in [-0.1, -0.05) is 42.7 Å². The standard InChI is InChI=1S/C16H20ClN3O/c1-15(2,10-11-5-3-6-12(17)9-11)14-19-13(20-21-14)16(18)7-4-8-16/h3,5-6,9H,4,7-8,10,18H2,1-2H3. The number of aromatic nitrogens is 2. The number of hydrogen-bond donors (Lipinski definition) is 1. The fourth-order valence-corrected chi connectivity index (χ4v) is 2.93. The van der Waals surface area contributed by atoms with Crippen molar-refractivity contribution in [3.8, 4) is 0 Å². The van der Waals surface area contributed by atoms with E-state index in [1.807, 2.05) is 18.2 Å². The summed E-state index contributed by atoms with van der Waals surface area (Å²) < 4.78 is 5.48. The first-order valence-corrected chi connectivity index (χ1v) is 7.65. The molecule has 0 saturated heterocycles. The van der Waals surface area contributed by atoms with Crippen molar-refractivity contribution < 1.29 is 4.52 Å². The van der Waals surface area contributed by atoms with Gasteiger partial charge in [0.25, 0.3) is 0 Å². The number of nitrogens with zero attached hydrogens (tertiary/aromatic N) is 2. The van der Waals surface area contributed by atoms with Gasteiger partial charge in [0.15, 0.2) is 5.82 Å². The van der Waals surface area contributed by atoms with Gasteiger partial charge in [0, 0.05) is 10.4 Å². The molecule has 0 atom stereocenters. The zero-order valence-corrected chi connectivity index (χ0v) is 13.2. The van der Waals surface area contributed by atoms with E-state index in [2.05, 4.69) is 30.1 Å². The van der Waals surface area contributed by atoms with Crippen LogP contribution in [0.3, 0.4) is 0 Å². The van der Waals surface area contributed by atoms with Crippen LogP contribution in [0.1, 0.15) is 50.4 Å². The Bertz CT molecular complexity index is 646. The third kappa shape index (κ3) is 2.83. The zero-order valence-electron chi connectivity index (χ0n) is 12.4. The minimum atomic E-state index is -0.381. The molecule has 0 aliphatic heterocycles. The van der Waals surface area contributed by atoms with Gasteiger partial charge in [-0.05, 0) is 43.4 Å². The molecule has 5 heteroatoms. The predicted molar refractivity (Wildman–Crippen MR) is 82.2 cm³/mol. The number of nitrogens with two attached hydrogens (primary N) is 1. The molecule has 0 amide bonds. The Kier molecular flexibility index (Phi) is 3.54. The Hall–Kier alpha value is -1.39. The van der Waals surface area contributed by atoms with Crippen LogP contribution in [0.4, 0.5) is 0 Å². The smallest absolute Gasteiger partial charge is 0.232 e. The average Bonchev–Trinajstić information content (AvgIpc) is 2.86. The highest BCUT2D eigenvalue weighted by Gasteiger charge is 2.40. The topological polar surface area (TPSA) is 64.9 Å². The van der Waals surface area contributed by atoms with Gasteiger partial charge in [-0.25, -0.2) is 0 Å². The highest BCUT2D eigenvalue weighted by molar-refractivity contribution is 6.30. The summed E-state index contributed by atoms with van der Waals surface area (Å²) in [6.07, 6.45) is 3.78. The van der Waals surface area contributed by atoms with Crippen molar-refractivity contribution in [3.63, 3.8) is 0 Å². The van der Waals surface area contributed by atoms with E-state index >= 15 is 0 Å². The molecular weight excluding hydrogens is 286 g/mol. The van der Waals surface area contributed by atoms with Crippen LogP contribution in [0, 0.1) is 0 Å². The summed E-state index contributed by atoms with van der Waals surface area (Å²) in [4.78, 5) is 4.56. The first kappa shape index (κ1) is 14.5. The lowest BCUT2D eigenvalue weighted by Gasteiger charge is -2.34. The van der Waals surface area contributed by atoms with E-state index in [0.29, 0.717) is 11.7 Å². The molecule has 2 aromatic rings. The highest BCUT2D eigenvalue weighted by Crippen LogP contribution is 2.38. The summed E-state index contributed by atoms with van der Waals surface area (Å²) in [6.45, 7) is 4.18. The minimum absolute atomic E-state index is 0.254. The van der Waals surface area contributed by atoms with Gasteiger partial charge in [-0.2, -0.15) is 4.98 Å². The maximum atomic E-state index is 6.25. The van der Waals surface area contributed by atoms with Gasteiger partial charge in [-0.3, -0.25) is 0 Å². The number of benzene rings is 1. The molecule has 4 nitrogen and oxygen atoms in total. The monoisotopic (exact) mass is 305 g/mol. The van der Waals surface area contributed by atoms with Crippen molar-refractivity contribution in [1.29, 1.82) is 0 Å². The van der Waals surface area contributed by atoms with Crippen molar-refractivity contribution in [2.24, 2.45) is 5.73 Å². The Morgan fingerprint density at radius 3 is 2.76 bits per heavy atom. The summed E-state index contributed by atoms with van der Waals surface area (Å²) >= 11 is 6.04. The third-order valence-electron chi connectivity index (χ3n) is 4.23. The number of hydrogen-bond acceptors (Lipinski definition) is 4. The highest BCUT2D eigenvalue weighted by atomic mass is 35.5. The van der Waals surface area contributed by atoms with Crippen LogP contribution < -0.4 is 5.73 Å². The summed E-state index contributed by atoms with van der Waals surface area (Å²) in [5, 5.41) is 4.84. The lowest BCUT2D eigenvalue weighted by atomic mass is 9.77. The van der Waals surface area contributed by atoms with Crippen LogP contribution in [0.25, 0.3) is 0 Å². The van der Waals surface area contributed by atoms with E-state index in [1.165, 1.54) is 0 Å². The second kappa shape index (κ2) is 5.11. The molecular formula is C16H20ClN3O. The maximum absolute atomic E-state index is 6.25. The van der Waals surface area contributed by atoms with E-state index in [9.17, 15) is 0 Å². The summed E-state index contributed by atoms with van der Waals surface area (Å²) in [5.74, 6) is 1.28. The van der Waals surface area contributed by atoms with Crippen molar-refractivity contribution in [1.82, 2.24) is 10.1 Å². The fourth-order valence-electron chi connectivity index (χ4n) is 2.71. The van der Waals surface area contributed by atoms with Gasteiger partial charge < -0.3 is 10.3 Å². The van der Waals surface area contributed by atoms with Gasteiger partial charge in [0.05, 0.1) is 5.54 Å². The van der Waals surface area contributed by atoms with Crippen LogP contribution in [-0.4, -0.2) is 10.1 Å². The molecule has 112 valence electrons. The van der Waals surface area contributed by atoms with Crippen LogP contribution >= 0.6 is 11.6 Å². The van der Waals surface area contributed by atoms with Gasteiger partial charge in [0.1, 0.15) is 0 Å². The quantitative estimate of drug-likeness (QED) is 0.937. The Labute approximate surface area is 129 Å². The molecule has 1 saturated carbocycles. The molecule has 1 aliphatic rings. The molecule has 2 N–H and O–H groups in total. The molecule has 3 rings (SSSR count). The Morgan fingerprint density at radius 2 is 2.14 bits per heavy atom. The van der Waals surface area contributed by atoms with Crippen molar-refractivity contribution >= 4 is 11.6 Å². The molecule has 0 spiro atoms. The zero-order chi connectivity index (χ0) is 15.1. The van der Waals surface area contributed by atoms with E-state index in [-0.39, 0.29) is 11.0 Å². The molecule has 0 unspecified atom stereocenters. The van der Waals surface area contributed by atoms with Gasteiger partial charge in [0.2, 0.25) is 5.89 Å². The largest absolute Gasteiger partial charge is 0.339 e. The lowest BCUT2D eigenvalue weighted by molar-refractivity contribution is 0.227. The van der Waals surface area contributed by atoms with Crippen LogP contribution in [-0.2, 0) is 17.4 Å². The van der Waals surface area contributed by atoms with E-state index in [1.54, 1.807) is 0 Å².